The smallest absolute Gasteiger partial charge is 0.421 e. The SMILES string of the molecule is CCCCCOc1ccc(Nc2nc(Nc3ccc(CC)cc3)ncc2C(F)(F)F)cc1. The monoisotopic (exact) mass is 444 g/mol. The zero-order chi connectivity index (χ0) is 23.0. The topological polar surface area (TPSA) is 59.1 Å². The van der Waals surface area contributed by atoms with E-state index in [1.54, 1.807) is 24.3 Å². The highest BCUT2D eigenvalue weighted by Gasteiger charge is 2.35. The number of halogens is 3. The summed E-state index contributed by atoms with van der Waals surface area (Å²) in [5, 5.41) is 5.71. The lowest BCUT2D eigenvalue weighted by atomic mass is 10.1. The van der Waals surface area contributed by atoms with Crippen LogP contribution in [0.4, 0.5) is 36.3 Å². The Kier molecular flexibility index (Phi) is 7.92. The molecular weight excluding hydrogens is 417 g/mol. The fourth-order valence-corrected chi connectivity index (χ4v) is 3.01. The number of aryl methyl sites for hydroxylation is 1. The Balaban J connectivity index is 1.76. The van der Waals surface area contributed by atoms with Crippen LogP contribution in [0.5, 0.6) is 5.75 Å². The van der Waals surface area contributed by atoms with Gasteiger partial charge in [-0.15, -0.1) is 0 Å². The maximum absolute atomic E-state index is 13.5. The first-order chi connectivity index (χ1) is 15.4. The van der Waals surface area contributed by atoms with Crippen molar-refractivity contribution in [1.82, 2.24) is 9.97 Å². The molecule has 8 heteroatoms. The minimum absolute atomic E-state index is 0.0700. The Hall–Kier alpha value is -3.29. The van der Waals surface area contributed by atoms with Gasteiger partial charge in [0.05, 0.1) is 6.61 Å². The van der Waals surface area contributed by atoms with Crippen LogP contribution in [0.2, 0.25) is 0 Å². The fraction of sp³-hybridized carbons (Fsp3) is 0.333. The number of nitrogens with one attached hydrogen (secondary N) is 2. The molecule has 0 unspecified atom stereocenters. The largest absolute Gasteiger partial charge is 0.494 e. The van der Waals surface area contributed by atoms with Crippen LogP contribution in [0.1, 0.15) is 44.2 Å². The van der Waals surface area contributed by atoms with Crippen LogP contribution in [-0.2, 0) is 12.6 Å². The third-order valence-corrected chi connectivity index (χ3v) is 4.85. The van der Waals surface area contributed by atoms with Crippen molar-refractivity contribution < 1.29 is 17.9 Å². The molecule has 2 aromatic carbocycles. The summed E-state index contributed by atoms with van der Waals surface area (Å²) in [7, 11) is 0. The van der Waals surface area contributed by atoms with Crippen molar-refractivity contribution in [2.45, 2.75) is 45.7 Å². The molecule has 3 aromatic rings. The summed E-state index contributed by atoms with van der Waals surface area (Å²) >= 11 is 0. The summed E-state index contributed by atoms with van der Waals surface area (Å²) in [5.74, 6) is 0.417. The van der Waals surface area contributed by atoms with Gasteiger partial charge in [-0.3, -0.25) is 0 Å². The number of rotatable bonds is 10. The Morgan fingerprint density at radius 1 is 0.875 bits per heavy atom. The number of nitrogens with zero attached hydrogens (tertiary/aromatic N) is 2. The molecule has 1 aromatic heterocycles. The van der Waals surface area contributed by atoms with Crippen molar-refractivity contribution >= 4 is 23.1 Å². The number of aromatic nitrogens is 2. The predicted molar refractivity (Wildman–Crippen MR) is 121 cm³/mol. The third-order valence-electron chi connectivity index (χ3n) is 4.85. The number of anilines is 4. The van der Waals surface area contributed by atoms with Crippen molar-refractivity contribution in [2.24, 2.45) is 0 Å². The quantitative estimate of drug-likeness (QED) is 0.326. The summed E-state index contributed by atoms with van der Waals surface area (Å²) < 4.78 is 46.1. The van der Waals surface area contributed by atoms with Gasteiger partial charge < -0.3 is 15.4 Å². The normalized spacial score (nSPS) is 11.3. The molecule has 0 spiro atoms. The van der Waals surface area contributed by atoms with Gasteiger partial charge >= 0.3 is 6.18 Å². The van der Waals surface area contributed by atoms with Crippen molar-refractivity contribution in [3.63, 3.8) is 0 Å². The first-order valence-corrected chi connectivity index (χ1v) is 10.7. The van der Waals surface area contributed by atoms with Gasteiger partial charge in [0.2, 0.25) is 5.95 Å². The van der Waals surface area contributed by atoms with Crippen LogP contribution in [0.25, 0.3) is 0 Å². The lowest BCUT2D eigenvalue weighted by molar-refractivity contribution is -0.137. The van der Waals surface area contributed by atoms with Crippen LogP contribution < -0.4 is 15.4 Å². The van der Waals surface area contributed by atoms with E-state index in [2.05, 4.69) is 27.5 Å². The highest BCUT2D eigenvalue weighted by molar-refractivity contribution is 5.63. The Morgan fingerprint density at radius 2 is 1.53 bits per heavy atom. The first kappa shape index (κ1) is 23.4. The van der Waals surface area contributed by atoms with Crippen molar-refractivity contribution in [1.29, 1.82) is 0 Å². The van der Waals surface area contributed by atoms with Gasteiger partial charge in [-0.2, -0.15) is 18.2 Å². The summed E-state index contributed by atoms with van der Waals surface area (Å²) in [6.07, 6.45) is 0.243. The molecule has 0 aliphatic carbocycles. The highest BCUT2D eigenvalue weighted by atomic mass is 19.4. The van der Waals surface area contributed by atoms with E-state index in [9.17, 15) is 13.2 Å². The molecule has 0 aliphatic heterocycles. The molecule has 3 rings (SSSR count). The third kappa shape index (κ3) is 6.60. The van der Waals surface area contributed by atoms with Crippen LogP contribution >= 0.6 is 0 Å². The molecule has 0 bridgehead atoms. The van der Waals surface area contributed by atoms with Crippen LogP contribution in [0.15, 0.2) is 54.7 Å². The molecule has 1 heterocycles. The van der Waals surface area contributed by atoms with Gasteiger partial charge in [-0.05, 0) is 54.8 Å². The first-order valence-electron chi connectivity index (χ1n) is 10.7. The van der Waals surface area contributed by atoms with Crippen molar-refractivity contribution in [3.8, 4) is 5.75 Å². The molecule has 5 nitrogen and oxygen atoms in total. The van der Waals surface area contributed by atoms with Crippen molar-refractivity contribution in [3.05, 3.63) is 65.9 Å². The number of ether oxygens (including phenoxy) is 1. The summed E-state index contributed by atoms with van der Waals surface area (Å²) in [5.41, 5.74) is 1.37. The summed E-state index contributed by atoms with van der Waals surface area (Å²) in [6.45, 7) is 4.77. The van der Waals surface area contributed by atoms with Gasteiger partial charge in [0.15, 0.2) is 0 Å². The van der Waals surface area contributed by atoms with Gasteiger partial charge in [0.25, 0.3) is 0 Å². The van der Waals surface area contributed by atoms with E-state index in [0.29, 0.717) is 23.7 Å². The second-order valence-electron chi connectivity index (χ2n) is 7.33. The average molecular weight is 445 g/mol. The van der Waals surface area contributed by atoms with E-state index in [1.165, 1.54) is 0 Å². The molecule has 0 saturated carbocycles. The second-order valence-corrected chi connectivity index (χ2v) is 7.33. The lowest BCUT2D eigenvalue weighted by Crippen LogP contribution is -2.12. The molecule has 0 aliphatic rings. The van der Waals surface area contributed by atoms with E-state index in [-0.39, 0.29) is 11.8 Å². The fourth-order valence-electron chi connectivity index (χ4n) is 3.01. The lowest BCUT2D eigenvalue weighted by Gasteiger charge is -2.15. The van der Waals surface area contributed by atoms with Gasteiger partial charge in [-0.1, -0.05) is 38.8 Å². The van der Waals surface area contributed by atoms with E-state index >= 15 is 0 Å². The molecule has 0 amide bonds. The number of alkyl halides is 3. The predicted octanol–water partition coefficient (Wildman–Crippen LogP) is 7.11. The molecule has 0 atom stereocenters. The number of benzene rings is 2. The number of hydrogen-bond donors (Lipinski definition) is 2. The molecular formula is C24H27F3N4O. The standard InChI is InChI=1S/C24H27F3N4O/c1-3-5-6-15-32-20-13-11-18(12-14-20)29-22-21(24(25,26)27)16-28-23(31-22)30-19-9-7-17(4-2)8-10-19/h7-14,16H,3-6,15H2,1-2H3,(H2,28,29,30,31). The van der Waals surface area contributed by atoms with Gasteiger partial charge in [0, 0.05) is 17.6 Å². The maximum atomic E-state index is 13.5. The van der Waals surface area contributed by atoms with Crippen molar-refractivity contribution in [2.75, 3.05) is 17.2 Å². The number of hydrogen-bond acceptors (Lipinski definition) is 5. The molecule has 32 heavy (non-hydrogen) atoms. The minimum Gasteiger partial charge on any atom is -0.494 e. The van der Waals surface area contributed by atoms with Crippen LogP contribution in [-0.4, -0.2) is 16.6 Å². The maximum Gasteiger partial charge on any atom is 0.421 e. The van der Waals surface area contributed by atoms with E-state index in [0.717, 1.165) is 37.4 Å². The van der Waals surface area contributed by atoms with Crippen LogP contribution in [0.3, 0.4) is 0 Å². The molecule has 170 valence electrons. The molecule has 2 N–H and O–H groups in total. The Bertz CT molecular complexity index is 990. The molecule has 0 fully saturated rings. The average Bonchev–Trinajstić information content (AvgIpc) is 2.78. The van der Waals surface area contributed by atoms with Gasteiger partial charge in [-0.25, -0.2) is 4.98 Å². The summed E-state index contributed by atoms with van der Waals surface area (Å²) in [6, 6.07) is 14.3. The molecule has 0 saturated heterocycles. The second kappa shape index (κ2) is 10.8. The van der Waals surface area contributed by atoms with E-state index < -0.39 is 11.7 Å². The zero-order valence-corrected chi connectivity index (χ0v) is 18.2. The highest BCUT2D eigenvalue weighted by Crippen LogP contribution is 2.35. The zero-order valence-electron chi connectivity index (χ0n) is 18.2. The minimum atomic E-state index is -4.59. The number of unbranched alkanes of at least 4 members (excludes halogenated alkanes) is 2. The summed E-state index contributed by atoms with van der Waals surface area (Å²) in [4.78, 5) is 7.93. The van der Waals surface area contributed by atoms with E-state index in [1.807, 2.05) is 31.2 Å². The van der Waals surface area contributed by atoms with Crippen LogP contribution in [0, 0.1) is 0 Å². The Labute approximate surface area is 186 Å². The Morgan fingerprint density at radius 3 is 2.16 bits per heavy atom. The molecule has 0 radical (unpaired) electrons. The van der Waals surface area contributed by atoms with E-state index in [4.69, 9.17) is 4.74 Å². The van der Waals surface area contributed by atoms with Gasteiger partial charge in [0.1, 0.15) is 17.1 Å².